The monoisotopic (exact) mass is 337 g/mol. The molecule has 1 aliphatic heterocycles. The van der Waals surface area contributed by atoms with Crippen molar-refractivity contribution in [3.05, 3.63) is 59.7 Å². The van der Waals surface area contributed by atoms with Gasteiger partial charge in [0, 0.05) is 18.3 Å². The Morgan fingerprint density at radius 2 is 2.00 bits per heavy atom. The molecule has 0 spiro atoms. The molecule has 1 fully saturated rings. The fourth-order valence-corrected chi connectivity index (χ4v) is 4.40. The summed E-state index contributed by atoms with van der Waals surface area (Å²) in [5, 5.41) is 4.68. The fourth-order valence-electron chi connectivity index (χ4n) is 3.36. The molecule has 2 aromatic carbocycles. The van der Waals surface area contributed by atoms with Gasteiger partial charge in [-0.3, -0.25) is 0 Å². The molecular formula is C20H23N3S. The summed E-state index contributed by atoms with van der Waals surface area (Å²) in [6.07, 6.45) is 2.46. The third-order valence-electron chi connectivity index (χ3n) is 4.69. The predicted molar refractivity (Wildman–Crippen MR) is 102 cm³/mol. The van der Waals surface area contributed by atoms with Gasteiger partial charge >= 0.3 is 0 Å². The van der Waals surface area contributed by atoms with E-state index in [9.17, 15) is 0 Å². The molecule has 4 rings (SSSR count). The third kappa shape index (κ3) is 3.21. The second kappa shape index (κ2) is 6.99. The molecule has 1 aromatic heterocycles. The molecule has 4 heteroatoms. The van der Waals surface area contributed by atoms with Crippen LogP contribution in [0.1, 0.15) is 30.0 Å². The number of para-hydroxylation sites is 2. The average molecular weight is 337 g/mol. The maximum Gasteiger partial charge on any atom is 0.169 e. The summed E-state index contributed by atoms with van der Waals surface area (Å²) in [5.74, 6) is 0.962. The van der Waals surface area contributed by atoms with Gasteiger partial charge in [0.2, 0.25) is 0 Å². The highest BCUT2D eigenvalue weighted by Crippen LogP contribution is 2.32. The summed E-state index contributed by atoms with van der Waals surface area (Å²) >= 11 is 1.85. The van der Waals surface area contributed by atoms with Crippen LogP contribution in [0.5, 0.6) is 0 Å². The van der Waals surface area contributed by atoms with Crippen molar-refractivity contribution >= 4 is 22.8 Å². The molecule has 1 saturated heterocycles. The van der Waals surface area contributed by atoms with Crippen molar-refractivity contribution in [3.63, 3.8) is 0 Å². The van der Waals surface area contributed by atoms with Crippen molar-refractivity contribution < 1.29 is 0 Å². The van der Waals surface area contributed by atoms with Crippen LogP contribution in [-0.4, -0.2) is 22.6 Å². The minimum Gasteiger partial charge on any atom is -0.315 e. The van der Waals surface area contributed by atoms with Gasteiger partial charge in [-0.15, -0.1) is 0 Å². The molecule has 124 valence electrons. The first-order valence-corrected chi connectivity index (χ1v) is 9.66. The van der Waals surface area contributed by atoms with Crippen LogP contribution in [0.15, 0.2) is 53.7 Å². The molecule has 2 heterocycles. The second-order valence-electron chi connectivity index (χ2n) is 6.53. The van der Waals surface area contributed by atoms with Crippen LogP contribution in [0.25, 0.3) is 11.0 Å². The molecule has 1 atom stereocenters. The summed E-state index contributed by atoms with van der Waals surface area (Å²) in [7, 11) is 0. The largest absolute Gasteiger partial charge is 0.315 e. The van der Waals surface area contributed by atoms with Crippen LogP contribution < -0.4 is 5.32 Å². The minimum atomic E-state index is 0.506. The number of imidazole rings is 1. The number of aromatic nitrogens is 2. The van der Waals surface area contributed by atoms with Crippen LogP contribution >= 0.6 is 11.8 Å². The third-order valence-corrected chi connectivity index (χ3v) is 5.71. The summed E-state index contributed by atoms with van der Waals surface area (Å²) in [6, 6.07) is 17.8. The second-order valence-corrected chi connectivity index (χ2v) is 7.47. The first-order chi connectivity index (χ1) is 11.8. The van der Waals surface area contributed by atoms with Crippen molar-refractivity contribution in [1.82, 2.24) is 14.9 Å². The Hall–Kier alpha value is -1.78. The zero-order valence-electron chi connectivity index (χ0n) is 14.0. The van der Waals surface area contributed by atoms with E-state index in [1.54, 1.807) is 0 Å². The zero-order valence-corrected chi connectivity index (χ0v) is 14.9. The van der Waals surface area contributed by atoms with Gasteiger partial charge in [0.05, 0.1) is 11.0 Å². The Balaban J connectivity index is 1.64. The maximum atomic E-state index is 4.92. The van der Waals surface area contributed by atoms with Crippen molar-refractivity contribution in [3.8, 4) is 0 Å². The lowest BCUT2D eigenvalue weighted by Gasteiger charge is -2.26. The van der Waals surface area contributed by atoms with Crippen LogP contribution in [0.3, 0.4) is 0 Å². The maximum absolute atomic E-state index is 4.92. The number of nitrogens with zero attached hydrogens (tertiary/aromatic N) is 2. The van der Waals surface area contributed by atoms with E-state index in [1.807, 2.05) is 11.8 Å². The van der Waals surface area contributed by atoms with Crippen LogP contribution in [0.4, 0.5) is 0 Å². The fraction of sp³-hybridized carbons (Fsp3) is 0.350. The topological polar surface area (TPSA) is 29.9 Å². The number of piperidine rings is 1. The molecule has 24 heavy (non-hydrogen) atoms. The number of thioether (sulfide) groups is 1. The molecule has 0 amide bonds. The Labute approximate surface area is 147 Å². The Morgan fingerprint density at radius 3 is 2.79 bits per heavy atom. The molecule has 1 N–H and O–H groups in total. The predicted octanol–water partition coefficient (Wildman–Crippen LogP) is 4.56. The molecule has 3 nitrogen and oxygen atoms in total. The van der Waals surface area contributed by atoms with Gasteiger partial charge < -0.3 is 9.88 Å². The highest BCUT2D eigenvalue weighted by atomic mass is 32.2. The number of nitrogens with one attached hydrogen (secondary N) is 1. The number of fused-ring (bicyclic) bond motifs is 1. The van der Waals surface area contributed by atoms with E-state index in [1.165, 1.54) is 29.5 Å². The van der Waals surface area contributed by atoms with E-state index in [2.05, 4.69) is 65.3 Å². The van der Waals surface area contributed by atoms with Gasteiger partial charge in [0.25, 0.3) is 0 Å². The van der Waals surface area contributed by atoms with Crippen molar-refractivity contribution in [2.24, 2.45) is 0 Å². The van der Waals surface area contributed by atoms with Crippen LogP contribution in [0, 0.1) is 6.92 Å². The average Bonchev–Trinajstić information content (AvgIpc) is 3.00. The number of hydrogen-bond acceptors (Lipinski definition) is 3. The molecule has 0 radical (unpaired) electrons. The SMILES string of the molecule is Cc1ccc(CSc2nc3ccccc3n2C2CCCNC2)cc1. The van der Waals surface area contributed by atoms with Gasteiger partial charge in [0.15, 0.2) is 5.16 Å². The summed E-state index contributed by atoms with van der Waals surface area (Å²) < 4.78 is 2.46. The normalized spacial score (nSPS) is 18.1. The Bertz CT molecular complexity index is 817. The van der Waals surface area contributed by atoms with E-state index < -0.39 is 0 Å². The quantitative estimate of drug-likeness (QED) is 0.708. The van der Waals surface area contributed by atoms with E-state index in [-0.39, 0.29) is 0 Å². The molecule has 0 aliphatic carbocycles. The van der Waals surface area contributed by atoms with E-state index in [4.69, 9.17) is 4.98 Å². The van der Waals surface area contributed by atoms with Crippen molar-refractivity contribution in [2.75, 3.05) is 13.1 Å². The standard InChI is InChI=1S/C20H23N3S/c1-15-8-10-16(11-9-15)14-24-20-22-18-6-2-3-7-19(18)23(20)17-5-4-12-21-13-17/h2-3,6-11,17,21H,4-5,12-14H2,1H3. The number of aryl methyl sites for hydroxylation is 1. The lowest BCUT2D eigenvalue weighted by atomic mass is 10.1. The molecule has 1 aliphatic rings. The molecule has 3 aromatic rings. The number of rotatable bonds is 4. The van der Waals surface area contributed by atoms with Gasteiger partial charge in [-0.2, -0.15) is 0 Å². The van der Waals surface area contributed by atoms with E-state index in [0.717, 1.165) is 29.5 Å². The van der Waals surface area contributed by atoms with E-state index in [0.29, 0.717) is 6.04 Å². The van der Waals surface area contributed by atoms with Crippen LogP contribution in [0.2, 0.25) is 0 Å². The van der Waals surface area contributed by atoms with Gasteiger partial charge in [-0.25, -0.2) is 4.98 Å². The highest BCUT2D eigenvalue weighted by Gasteiger charge is 2.21. The Morgan fingerprint density at radius 1 is 1.17 bits per heavy atom. The lowest BCUT2D eigenvalue weighted by molar-refractivity contribution is 0.361. The molecular weight excluding hydrogens is 314 g/mol. The van der Waals surface area contributed by atoms with Gasteiger partial charge in [0.1, 0.15) is 0 Å². The van der Waals surface area contributed by atoms with Crippen LogP contribution in [-0.2, 0) is 5.75 Å². The smallest absolute Gasteiger partial charge is 0.169 e. The van der Waals surface area contributed by atoms with Gasteiger partial charge in [-0.1, -0.05) is 53.7 Å². The minimum absolute atomic E-state index is 0.506. The molecule has 0 saturated carbocycles. The number of benzene rings is 2. The summed E-state index contributed by atoms with van der Waals surface area (Å²) in [5.41, 5.74) is 5.03. The summed E-state index contributed by atoms with van der Waals surface area (Å²) in [6.45, 7) is 4.31. The van der Waals surface area contributed by atoms with Gasteiger partial charge in [-0.05, 0) is 44.0 Å². The van der Waals surface area contributed by atoms with Crippen molar-refractivity contribution in [1.29, 1.82) is 0 Å². The lowest BCUT2D eigenvalue weighted by Crippen LogP contribution is -2.31. The first-order valence-electron chi connectivity index (χ1n) is 8.67. The van der Waals surface area contributed by atoms with Crippen molar-refractivity contribution in [2.45, 2.75) is 36.7 Å². The molecule has 0 bridgehead atoms. The highest BCUT2D eigenvalue weighted by molar-refractivity contribution is 7.98. The van der Waals surface area contributed by atoms with E-state index >= 15 is 0 Å². The first kappa shape index (κ1) is 15.7. The number of hydrogen-bond donors (Lipinski definition) is 1. The molecule has 1 unspecified atom stereocenters. The summed E-state index contributed by atoms with van der Waals surface area (Å²) in [4.78, 5) is 4.92. The zero-order chi connectivity index (χ0) is 16.4. The Kier molecular flexibility index (Phi) is 4.58.